The number of rotatable bonds is 5. The van der Waals surface area contributed by atoms with Crippen molar-refractivity contribution in [2.24, 2.45) is 5.92 Å². The van der Waals surface area contributed by atoms with Crippen molar-refractivity contribution in [2.45, 2.75) is 45.6 Å². The molecule has 2 rings (SSSR count). The first-order chi connectivity index (χ1) is 7.86. The summed E-state index contributed by atoms with van der Waals surface area (Å²) in [5.41, 5.74) is 0. The molecule has 0 radical (unpaired) electrons. The Hall–Kier alpha value is -0.830. The molecule has 0 unspecified atom stereocenters. The zero-order valence-electron chi connectivity index (χ0n) is 10.3. The van der Waals surface area contributed by atoms with E-state index in [-0.39, 0.29) is 0 Å². The van der Waals surface area contributed by atoms with Crippen LogP contribution >= 0.6 is 0 Å². The highest BCUT2D eigenvalue weighted by atomic mass is 15.1. The van der Waals surface area contributed by atoms with Gasteiger partial charge in [0.25, 0.3) is 0 Å². The fraction of sp³-hybridized carbons (Fsp3) is 0.769. The third kappa shape index (κ3) is 3.34. The van der Waals surface area contributed by atoms with Gasteiger partial charge in [-0.2, -0.15) is 0 Å². The van der Waals surface area contributed by atoms with Gasteiger partial charge in [0.15, 0.2) is 0 Å². The summed E-state index contributed by atoms with van der Waals surface area (Å²) in [6.45, 7) is 5.36. The Bertz CT molecular complexity index is 300. The first-order valence-corrected chi connectivity index (χ1v) is 6.55. The van der Waals surface area contributed by atoms with Crippen molar-refractivity contribution in [2.75, 3.05) is 13.1 Å². The molecule has 0 spiro atoms. The van der Waals surface area contributed by atoms with E-state index in [4.69, 9.17) is 0 Å². The molecule has 1 saturated carbocycles. The molecule has 0 aromatic carbocycles. The number of aromatic nitrogens is 2. The Morgan fingerprint density at radius 1 is 1.38 bits per heavy atom. The maximum atomic E-state index is 4.22. The summed E-state index contributed by atoms with van der Waals surface area (Å²) >= 11 is 0. The van der Waals surface area contributed by atoms with Gasteiger partial charge >= 0.3 is 0 Å². The summed E-state index contributed by atoms with van der Waals surface area (Å²) in [5.74, 6) is 2.04. The van der Waals surface area contributed by atoms with Crippen LogP contribution in [0.15, 0.2) is 12.4 Å². The molecular weight excluding hydrogens is 198 g/mol. The van der Waals surface area contributed by atoms with E-state index < -0.39 is 0 Å². The standard InChI is InChI=1S/C13H23N3/c1-12-15-8-10-16(12)9-7-14-11-13-5-3-2-4-6-13/h8,10,13-14H,2-7,9,11H2,1H3. The number of hydrogen-bond acceptors (Lipinski definition) is 2. The van der Waals surface area contributed by atoms with E-state index in [9.17, 15) is 0 Å². The second-order valence-corrected chi connectivity index (χ2v) is 4.88. The average molecular weight is 221 g/mol. The molecule has 0 atom stereocenters. The molecular formula is C13H23N3. The molecule has 0 bridgehead atoms. The molecule has 0 saturated heterocycles. The minimum atomic E-state index is 0.928. The van der Waals surface area contributed by atoms with Gasteiger partial charge < -0.3 is 9.88 Å². The summed E-state index contributed by atoms with van der Waals surface area (Å²) < 4.78 is 2.20. The first-order valence-electron chi connectivity index (χ1n) is 6.55. The van der Waals surface area contributed by atoms with Crippen molar-refractivity contribution < 1.29 is 0 Å². The summed E-state index contributed by atoms with van der Waals surface area (Å²) in [6.07, 6.45) is 11.1. The maximum absolute atomic E-state index is 4.22. The molecule has 1 aromatic heterocycles. The number of aryl methyl sites for hydroxylation is 1. The van der Waals surface area contributed by atoms with Gasteiger partial charge in [0.1, 0.15) is 5.82 Å². The fourth-order valence-electron chi connectivity index (χ4n) is 2.54. The van der Waals surface area contributed by atoms with Gasteiger partial charge in [0.2, 0.25) is 0 Å². The van der Waals surface area contributed by atoms with Gasteiger partial charge in [-0.15, -0.1) is 0 Å². The quantitative estimate of drug-likeness (QED) is 0.774. The molecule has 90 valence electrons. The number of hydrogen-bond donors (Lipinski definition) is 1. The topological polar surface area (TPSA) is 29.9 Å². The molecule has 1 aromatic rings. The van der Waals surface area contributed by atoms with Gasteiger partial charge in [0, 0.05) is 25.5 Å². The number of nitrogens with zero attached hydrogens (tertiary/aromatic N) is 2. The lowest BCUT2D eigenvalue weighted by atomic mass is 9.89. The van der Waals surface area contributed by atoms with Gasteiger partial charge in [-0.05, 0) is 32.2 Å². The van der Waals surface area contributed by atoms with Crippen LogP contribution in [0.1, 0.15) is 37.9 Å². The van der Waals surface area contributed by atoms with Crippen LogP contribution in [0.5, 0.6) is 0 Å². The Balaban J connectivity index is 1.59. The average Bonchev–Trinajstić information content (AvgIpc) is 2.72. The van der Waals surface area contributed by atoms with Crippen molar-refractivity contribution in [1.82, 2.24) is 14.9 Å². The highest BCUT2D eigenvalue weighted by Crippen LogP contribution is 2.22. The van der Waals surface area contributed by atoms with Crippen molar-refractivity contribution in [1.29, 1.82) is 0 Å². The maximum Gasteiger partial charge on any atom is 0.105 e. The molecule has 3 heteroatoms. The van der Waals surface area contributed by atoms with Crippen LogP contribution in [0.2, 0.25) is 0 Å². The minimum absolute atomic E-state index is 0.928. The van der Waals surface area contributed by atoms with E-state index in [1.54, 1.807) is 0 Å². The predicted octanol–water partition coefficient (Wildman–Crippen LogP) is 2.36. The second-order valence-electron chi connectivity index (χ2n) is 4.88. The summed E-state index contributed by atoms with van der Waals surface area (Å²) in [5, 5.41) is 3.57. The van der Waals surface area contributed by atoms with E-state index in [2.05, 4.69) is 28.0 Å². The SMILES string of the molecule is Cc1nccn1CCNCC1CCCCC1. The van der Waals surface area contributed by atoms with Crippen LogP contribution < -0.4 is 5.32 Å². The fourth-order valence-corrected chi connectivity index (χ4v) is 2.54. The molecule has 1 heterocycles. The third-order valence-electron chi connectivity index (χ3n) is 3.61. The molecule has 0 aliphatic heterocycles. The highest BCUT2D eigenvalue weighted by Gasteiger charge is 2.12. The molecule has 1 aliphatic rings. The Morgan fingerprint density at radius 3 is 2.88 bits per heavy atom. The first kappa shape index (κ1) is 11.6. The monoisotopic (exact) mass is 221 g/mol. The second kappa shape index (κ2) is 6.04. The predicted molar refractivity (Wildman–Crippen MR) is 66.4 cm³/mol. The lowest BCUT2D eigenvalue weighted by molar-refractivity contribution is 0.340. The largest absolute Gasteiger partial charge is 0.334 e. The van der Waals surface area contributed by atoms with Crippen LogP contribution in [-0.4, -0.2) is 22.6 Å². The summed E-state index contributed by atoms with van der Waals surface area (Å²) in [7, 11) is 0. The third-order valence-corrected chi connectivity index (χ3v) is 3.61. The van der Waals surface area contributed by atoms with E-state index in [1.165, 1.54) is 38.6 Å². The lowest BCUT2D eigenvalue weighted by Crippen LogP contribution is -2.27. The van der Waals surface area contributed by atoms with E-state index in [0.29, 0.717) is 0 Å². The van der Waals surface area contributed by atoms with Gasteiger partial charge in [0.05, 0.1) is 0 Å². The van der Waals surface area contributed by atoms with Crippen LogP contribution in [-0.2, 0) is 6.54 Å². The number of imidazole rings is 1. The Kier molecular flexibility index (Phi) is 4.40. The Morgan fingerprint density at radius 2 is 2.19 bits per heavy atom. The number of nitrogens with one attached hydrogen (secondary N) is 1. The van der Waals surface area contributed by atoms with Crippen LogP contribution in [0.4, 0.5) is 0 Å². The normalized spacial score (nSPS) is 17.8. The molecule has 16 heavy (non-hydrogen) atoms. The van der Waals surface area contributed by atoms with Crippen LogP contribution in [0.3, 0.4) is 0 Å². The molecule has 3 nitrogen and oxygen atoms in total. The molecule has 1 fully saturated rings. The van der Waals surface area contributed by atoms with Crippen molar-refractivity contribution in [3.63, 3.8) is 0 Å². The van der Waals surface area contributed by atoms with Crippen molar-refractivity contribution in [3.05, 3.63) is 18.2 Å². The minimum Gasteiger partial charge on any atom is -0.334 e. The van der Waals surface area contributed by atoms with Crippen LogP contribution in [0.25, 0.3) is 0 Å². The van der Waals surface area contributed by atoms with Gasteiger partial charge in [-0.25, -0.2) is 4.98 Å². The van der Waals surface area contributed by atoms with Crippen molar-refractivity contribution in [3.8, 4) is 0 Å². The summed E-state index contributed by atoms with van der Waals surface area (Å²) in [4.78, 5) is 4.22. The molecule has 0 amide bonds. The van der Waals surface area contributed by atoms with E-state index >= 15 is 0 Å². The summed E-state index contributed by atoms with van der Waals surface area (Å²) in [6, 6.07) is 0. The van der Waals surface area contributed by atoms with E-state index in [0.717, 1.165) is 24.8 Å². The Labute approximate surface area is 98.3 Å². The lowest BCUT2D eigenvalue weighted by Gasteiger charge is -2.21. The highest BCUT2D eigenvalue weighted by molar-refractivity contribution is 4.88. The zero-order valence-corrected chi connectivity index (χ0v) is 10.3. The van der Waals surface area contributed by atoms with Crippen molar-refractivity contribution >= 4 is 0 Å². The van der Waals surface area contributed by atoms with E-state index in [1.807, 2.05) is 6.20 Å². The molecule has 1 N–H and O–H groups in total. The van der Waals surface area contributed by atoms with Gasteiger partial charge in [-0.1, -0.05) is 19.3 Å². The van der Waals surface area contributed by atoms with Crippen LogP contribution in [0, 0.1) is 12.8 Å². The zero-order chi connectivity index (χ0) is 11.2. The smallest absolute Gasteiger partial charge is 0.105 e. The molecule has 1 aliphatic carbocycles. The van der Waals surface area contributed by atoms with Gasteiger partial charge in [-0.3, -0.25) is 0 Å².